The molecule has 0 aromatic heterocycles. The number of halogens is 2. The van der Waals surface area contributed by atoms with E-state index >= 15 is 0 Å². The Hall–Kier alpha value is -3.36. The summed E-state index contributed by atoms with van der Waals surface area (Å²) in [6, 6.07) is 12.6. The normalized spacial score (nSPS) is 13.8. The Kier molecular flexibility index (Phi) is 4.87. The van der Waals surface area contributed by atoms with Crippen LogP contribution in [-0.2, 0) is 11.3 Å². The average molecular weight is 363 g/mol. The van der Waals surface area contributed by atoms with Gasteiger partial charge in [-0.2, -0.15) is 0 Å². The molecule has 0 radical (unpaired) electrons. The van der Waals surface area contributed by atoms with Gasteiger partial charge in [0.2, 0.25) is 5.91 Å². The van der Waals surface area contributed by atoms with Crippen molar-refractivity contribution in [3.8, 4) is 11.5 Å². The van der Waals surface area contributed by atoms with Gasteiger partial charge in [0.1, 0.15) is 0 Å². The van der Waals surface area contributed by atoms with Crippen molar-refractivity contribution in [3.63, 3.8) is 0 Å². The summed E-state index contributed by atoms with van der Waals surface area (Å²) in [7, 11) is 0. The number of urea groups is 1. The van der Waals surface area contributed by atoms with Crippen LogP contribution in [0.15, 0.2) is 48.5 Å². The number of carbonyl (C=O) groups is 2. The van der Waals surface area contributed by atoms with E-state index in [4.69, 9.17) is 0 Å². The molecule has 7 nitrogen and oxygen atoms in total. The average Bonchev–Trinajstić information content (AvgIpc) is 2.92. The number of ether oxygens (including phenoxy) is 2. The molecule has 1 aliphatic heterocycles. The Morgan fingerprint density at radius 1 is 0.962 bits per heavy atom. The molecule has 0 atom stereocenters. The summed E-state index contributed by atoms with van der Waals surface area (Å²) in [5, 5.41) is 7.48. The third-order valence-corrected chi connectivity index (χ3v) is 3.39. The number of nitrogens with one attached hydrogen (secondary N) is 3. The van der Waals surface area contributed by atoms with Gasteiger partial charge in [-0.05, 0) is 17.7 Å². The van der Waals surface area contributed by atoms with Crippen LogP contribution in [-0.4, -0.2) is 24.8 Å². The zero-order chi connectivity index (χ0) is 18.6. The van der Waals surface area contributed by atoms with Gasteiger partial charge in [-0.3, -0.25) is 4.79 Å². The smallest absolute Gasteiger partial charge is 0.395 e. The SMILES string of the molecule is O=C(CNC(=O)NCc1ccccc1)Nc1ccc2c(c1)OC(F)(F)O2. The van der Waals surface area contributed by atoms with Crippen LogP contribution in [0.2, 0.25) is 0 Å². The van der Waals surface area contributed by atoms with Crippen LogP contribution in [0.4, 0.5) is 19.3 Å². The van der Waals surface area contributed by atoms with Crippen LogP contribution >= 0.6 is 0 Å². The van der Waals surface area contributed by atoms with Crippen LogP contribution in [0.3, 0.4) is 0 Å². The van der Waals surface area contributed by atoms with Crippen LogP contribution in [0.1, 0.15) is 5.56 Å². The van der Waals surface area contributed by atoms with E-state index in [1.54, 1.807) is 0 Å². The molecule has 0 unspecified atom stereocenters. The van der Waals surface area contributed by atoms with Crippen molar-refractivity contribution in [3.05, 3.63) is 54.1 Å². The highest BCUT2D eigenvalue weighted by molar-refractivity contribution is 5.94. The molecule has 0 fully saturated rings. The van der Waals surface area contributed by atoms with Crippen molar-refractivity contribution in [2.75, 3.05) is 11.9 Å². The molecule has 2 aromatic rings. The zero-order valence-electron chi connectivity index (χ0n) is 13.4. The third-order valence-electron chi connectivity index (χ3n) is 3.39. The largest absolute Gasteiger partial charge is 0.586 e. The van der Waals surface area contributed by atoms with E-state index in [-0.39, 0.29) is 23.7 Å². The highest BCUT2D eigenvalue weighted by atomic mass is 19.3. The molecular weight excluding hydrogens is 348 g/mol. The first-order valence-electron chi connectivity index (χ1n) is 7.67. The van der Waals surface area contributed by atoms with Crippen LogP contribution in [0.25, 0.3) is 0 Å². The van der Waals surface area contributed by atoms with Gasteiger partial charge in [0.05, 0.1) is 6.54 Å². The Labute approximate surface area is 147 Å². The van der Waals surface area contributed by atoms with Crippen LogP contribution in [0, 0.1) is 0 Å². The molecule has 0 bridgehead atoms. The van der Waals surface area contributed by atoms with E-state index in [2.05, 4.69) is 25.4 Å². The summed E-state index contributed by atoms with van der Waals surface area (Å²) in [5.41, 5.74) is 1.16. The van der Waals surface area contributed by atoms with E-state index in [1.807, 2.05) is 30.3 Å². The summed E-state index contributed by atoms with van der Waals surface area (Å²) in [4.78, 5) is 23.5. The lowest BCUT2D eigenvalue weighted by molar-refractivity contribution is -0.286. The van der Waals surface area contributed by atoms with E-state index < -0.39 is 18.2 Å². The molecule has 0 saturated carbocycles. The minimum absolute atomic E-state index is 0.119. The Balaban J connectivity index is 1.44. The van der Waals surface area contributed by atoms with Gasteiger partial charge in [-0.25, -0.2) is 4.79 Å². The Morgan fingerprint density at radius 2 is 1.69 bits per heavy atom. The maximum Gasteiger partial charge on any atom is 0.586 e. The topological polar surface area (TPSA) is 88.7 Å². The first-order chi connectivity index (χ1) is 12.4. The second kappa shape index (κ2) is 7.26. The molecule has 1 heterocycles. The predicted molar refractivity (Wildman–Crippen MR) is 88.0 cm³/mol. The summed E-state index contributed by atoms with van der Waals surface area (Å²) >= 11 is 0. The molecule has 3 amide bonds. The fourth-order valence-electron chi connectivity index (χ4n) is 2.23. The number of alkyl halides is 2. The number of amides is 3. The number of hydrogen-bond acceptors (Lipinski definition) is 4. The molecule has 0 spiro atoms. The van der Waals surface area contributed by atoms with Crippen molar-refractivity contribution in [2.45, 2.75) is 12.8 Å². The molecule has 3 N–H and O–H groups in total. The minimum atomic E-state index is -3.72. The highest BCUT2D eigenvalue weighted by Crippen LogP contribution is 2.42. The summed E-state index contributed by atoms with van der Waals surface area (Å²) < 4.78 is 34.5. The number of fused-ring (bicyclic) bond motifs is 1. The Bertz CT molecular complexity index is 815. The number of benzene rings is 2. The summed E-state index contributed by atoms with van der Waals surface area (Å²) in [6.07, 6.45) is -3.72. The fraction of sp³-hybridized carbons (Fsp3) is 0.176. The van der Waals surface area contributed by atoms with E-state index in [0.29, 0.717) is 6.54 Å². The maximum absolute atomic E-state index is 12.9. The molecule has 26 heavy (non-hydrogen) atoms. The van der Waals surface area contributed by atoms with Gasteiger partial charge in [0.25, 0.3) is 0 Å². The van der Waals surface area contributed by atoms with Gasteiger partial charge in [-0.15, -0.1) is 8.78 Å². The van der Waals surface area contributed by atoms with Gasteiger partial charge in [0.15, 0.2) is 11.5 Å². The Morgan fingerprint density at radius 3 is 2.46 bits per heavy atom. The number of carbonyl (C=O) groups excluding carboxylic acids is 2. The van der Waals surface area contributed by atoms with Crippen molar-refractivity contribution in [1.82, 2.24) is 10.6 Å². The van der Waals surface area contributed by atoms with Crippen molar-refractivity contribution < 1.29 is 27.8 Å². The second-order valence-corrected chi connectivity index (χ2v) is 5.40. The minimum Gasteiger partial charge on any atom is -0.395 e. The lowest BCUT2D eigenvalue weighted by atomic mass is 10.2. The first-order valence-corrected chi connectivity index (χ1v) is 7.67. The lowest BCUT2D eigenvalue weighted by Gasteiger charge is -2.09. The van der Waals surface area contributed by atoms with Crippen LogP contribution < -0.4 is 25.4 Å². The van der Waals surface area contributed by atoms with Crippen molar-refractivity contribution in [1.29, 1.82) is 0 Å². The van der Waals surface area contributed by atoms with Crippen LogP contribution in [0.5, 0.6) is 11.5 Å². The van der Waals surface area contributed by atoms with Crippen molar-refractivity contribution >= 4 is 17.6 Å². The summed E-state index contributed by atoms with van der Waals surface area (Å²) in [6.45, 7) is 0.0376. The number of anilines is 1. The van der Waals surface area contributed by atoms with E-state index in [1.165, 1.54) is 18.2 Å². The van der Waals surface area contributed by atoms with E-state index in [0.717, 1.165) is 5.56 Å². The van der Waals surface area contributed by atoms with Gasteiger partial charge < -0.3 is 25.4 Å². The number of hydrogen-bond donors (Lipinski definition) is 3. The van der Waals surface area contributed by atoms with E-state index in [9.17, 15) is 18.4 Å². The molecule has 2 aromatic carbocycles. The molecule has 0 aliphatic carbocycles. The maximum atomic E-state index is 12.9. The van der Waals surface area contributed by atoms with Gasteiger partial charge >= 0.3 is 12.3 Å². The van der Waals surface area contributed by atoms with Gasteiger partial charge in [-0.1, -0.05) is 30.3 Å². The highest BCUT2D eigenvalue weighted by Gasteiger charge is 2.43. The predicted octanol–water partition coefficient (Wildman–Crippen LogP) is 2.45. The molecule has 1 aliphatic rings. The first kappa shape index (κ1) is 17.5. The quantitative estimate of drug-likeness (QED) is 0.761. The molecular formula is C17H15F2N3O4. The standard InChI is InChI=1S/C17H15F2N3O4/c18-17(19)25-13-7-6-12(8-14(13)26-17)22-15(23)10-21-16(24)20-9-11-4-2-1-3-5-11/h1-8H,9-10H2,(H,22,23)(H2,20,21,24). The second-order valence-electron chi connectivity index (χ2n) is 5.40. The van der Waals surface area contributed by atoms with Gasteiger partial charge in [0, 0.05) is 18.3 Å². The molecule has 136 valence electrons. The van der Waals surface area contributed by atoms with Crippen molar-refractivity contribution in [2.24, 2.45) is 0 Å². The number of rotatable bonds is 5. The molecule has 9 heteroatoms. The lowest BCUT2D eigenvalue weighted by Crippen LogP contribution is -2.39. The molecule has 3 rings (SSSR count). The molecule has 0 saturated heterocycles. The summed E-state index contributed by atoms with van der Waals surface area (Å²) in [5.74, 6) is -0.821. The third kappa shape index (κ3) is 4.59. The monoisotopic (exact) mass is 363 g/mol. The zero-order valence-corrected chi connectivity index (χ0v) is 13.4. The fourth-order valence-corrected chi connectivity index (χ4v) is 2.23.